The van der Waals surface area contributed by atoms with Crippen molar-refractivity contribution in [3.63, 3.8) is 0 Å². The van der Waals surface area contributed by atoms with Crippen LogP contribution in [-0.4, -0.2) is 72.1 Å². The van der Waals surface area contributed by atoms with E-state index in [1.807, 2.05) is 45.9 Å². The van der Waals surface area contributed by atoms with Crippen molar-refractivity contribution in [1.29, 1.82) is 0 Å². The molecule has 2 N–H and O–H groups in total. The zero-order valence-electron chi connectivity index (χ0n) is 97.4. The summed E-state index contributed by atoms with van der Waals surface area (Å²) in [6.07, 6.45) is 0. The highest BCUT2D eigenvalue weighted by atomic mass is 79.9. The van der Waals surface area contributed by atoms with Gasteiger partial charge in [-0.25, -0.2) is 0 Å². The van der Waals surface area contributed by atoms with Crippen LogP contribution in [0.3, 0.4) is 0 Å². The van der Waals surface area contributed by atoms with Crippen LogP contribution in [-0.2, 0) is 27.9 Å². The number of halogens is 3. The normalized spacial score (nSPS) is 21.6. The molecule has 14 aromatic rings. The van der Waals surface area contributed by atoms with Crippen molar-refractivity contribution >= 4 is 163 Å². The van der Waals surface area contributed by atoms with Gasteiger partial charge in [0.1, 0.15) is 0 Å². The second-order valence-electron chi connectivity index (χ2n) is 27.0. The molecule has 3 aliphatic rings. The standard InChI is InChI=1S/C32H29BO2.C20H13Br.C18H28B2O4.C10H9BO2.C10H6Br2/c1-31(2)32(3,4)35-33(34-31)30-11-7-10-24(21-30)25-14-15-29-20-28(17-16-27(29)19-25)26-13-12-22-8-5-6-9-23(22)18-26;21-20-10-9-18-12-17(7-8-19(18)13-20)16-6-5-14-3-1-2-4-15(14)11-16;1-15(2)16(3,4)22-19(21-15)13-10-9-11-14(12-13)20-23-17(5,6)18(7,8)24-20;12-11(13)10-6-5-8-3-1-2-4-9(8)7-10;11-9-3-1-7-5-10(12)4-2-8(7)6-9/h5-21H,1-4H3;1-13H;9-12H,1-8H3;1-7,12-13H;1-6H/i5D,6D,8D,9D,12D,13D,14D,15D,16D,17D,18D,19D,20D;1D,2D,3D,4D,5D,6D,7D,8D,9D,10D,11D,12D,13D;;1D,2D,3D,4D,5D,6D,7D;1D,2D,3D,4D,5D,6D. The highest BCUT2D eigenvalue weighted by Gasteiger charge is 2.54. The van der Waals surface area contributed by atoms with Crippen LogP contribution >= 0.6 is 47.8 Å². The lowest BCUT2D eigenvalue weighted by atomic mass is 9.72. The van der Waals surface area contributed by atoms with Crippen molar-refractivity contribution in [2.75, 3.05) is 0 Å². The van der Waals surface area contributed by atoms with Crippen molar-refractivity contribution in [2.45, 2.75) is 117 Å². The van der Waals surface area contributed by atoms with Gasteiger partial charge in [-0.05, 0) is 269 Å². The van der Waals surface area contributed by atoms with Crippen LogP contribution in [0.5, 0.6) is 0 Å². The van der Waals surface area contributed by atoms with Gasteiger partial charge < -0.3 is 38.0 Å². The van der Waals surface area contributed by atoms with Crippen molar-refractivity contribution < 1.29 is 91.4 Å². The number of rotatable bonds is 7. The summed E-state index contributed by atoms with van der Waals surface area (Å²) in [5.41, 5.74) is -2.15. The minimum atomic E-state index is -2.16. The number of fused-ring (bicyclic) bond motifs is 6. The maximum absolute atomic E-state index is 9.19. The van der Waals surface area contributed by atoms with Crippen LogP contribution in [0.1, 0.15) is 137 Å². The molecule has 526 valence electrons. The molecular weight excluding hydrogens is 1490 g/mol. The molecule has 3 saturated heterocycles. The molecule has 3 aliphatic heterocycles. The molecule has 17 rings (SSSR count). The van der Waals surface area contributed by atoms with Gasteiger partial charge in [0, 0.05) is 13.4 Å². The maximum atomic E-state index is 9.19. The first-order valence-electron chi connectivity index (χ1n) is 52.0. The first kappa shape index (κ1) is 40.8. The Morgan fingerprint density at radius 3 is 0.838 bits per heavy atom. The first-order chi connectivity index (χ1) is 66.3. The Morgan fingerprint density at radius 1 is 0.276 bits per heavy atom. The molecule has 0 amide bonds. The monoisotopic (exact) mass is 1610 g/mol. The average molecular weight is 1620 g/mol. The quantitative estimate of drug-likeness (QED) is 0.152. The second kappa shape index (κ2) is 30.7. The maximum Gasteiger partial charge on any atom is 0.494 e. The Kier molecular flexibility index (Phi) is 11.9. The summed E-state index contributed by atoms with van der Waals surface area (Å²) in [5, 5.41) is 15.4. The second-order valence-corrected chi connectivity index (χ2v) is 29.4. The summed E-state index contributed by atoms with van der Waals surface area (Å²) < 4.78 is 358. The summed E-state index contributed by atoms with van der Waals surface area (Å²) >= 11 is 9.11. The fraction of sp³-hybridized carbons (Fsp3) is 0.200. The smallest absolute Gasteiger partial charge is 0.423 e. The average Bonchev–Trinajstić information content (AvgIpc) is 0.996. The SMILES string of the molecule is CC1(C)OB(c2cccc(B3OC(C)(C)C(C)(C)O3)c2)OC1(C)C.[2H]c1c(Br)c([2H])c2c([2H])c([2H])c(Br)c([2H])c2c1[2H].[2H]c1c([2H])c([2H])c2c([2H])c(-c3c([2H])c([2H])c4c([2H])c(-c5cccc(B6OC(C)(C)C(C)(C)O6)c5)c([2H])c([2H])c4c3[2H])c([2H])c([2H])c2c1[2H].[2H]c1c([2H])c([2H])c2c([2H])c(-c3c([2H])c([2H])c4c([2H])c(Br)c([2H])c([2H])c4c3[2H])c([2H])c([2H])c2c1[2H].[2H]c1c([2H])c([2H])c2c([2H])c(B(O)O)c([2H])c([2H])c2c1[2H]. The fourth-order valence-electron chi connectivity index (χ4n) is 10.3. The topological polar surface area (TPSA) is 95.8 Å². The fourth-order valence-corrected chi connectivity index (χ4v) is 11.2. The first-order valence-corrected chi connectivity index (χ1v) is 34.9. The lowest BCUT2D eigenvalue weighted by molar-refractivity contribution is 0.00578. The molecule has 0 aliphatic carbocycles. The van der Waals surface area contributed by atoms with Gasteiger partial charge in [-0.15, -0.1) is 0 Å². The molecule has 105 heavy (non-hydrogen) atoms. The number of hydrogen-bond acceptors (Lipinski definition) is 8. The van der Waals surface area contributed by atoms with Crippen molar-refractivity contribution in [1.82, 2.24) is 0 Å². The third-order valence-electron chi connectivity index (χ3n) is 18.2. The van der Waals surface area contributed by atoms with Crippen molar-refractivity contribution in [2.24, 2.45) is 0 Å². The molecular formula is C90H85B4Br3O8. The zero-order valence-corrected chi connectivity index (χ0v) is 63.2. The molecule has 14 aromatic carbocycles. The van der Waals surface area contributed by atoms with E-state index in [9.17, 15) is 10.0 Å². The molecule has 15 heteroatoms. The molecule has 3 fully saturated rings. The van der Waals surface area contributed by atoms with E-state index in [2.05, 4.69) is 109 Å². The van der Waals surface area contributed by atoms with Crippen molar-refractivity contribution in [3.8, 4) is 33.4 Å². The van der Waals surface area contributed by atoms with Gasteiger partial charge >= 0.3 is 28.5 Å². The number of hydrogen-bond donors (Lipinski definition) is 2. The minimum absolute atomic E-state index is 0.0107. The summed E-state index contributed by atoms with van der Waals surface area (Å²) in [7, 11) is -3.67. The van der Waals surface area contributed by atoms with Crippen LogP contribution in [0.25, 0.3) is 98.0 Å². The molecule has 8 nitrogen and oxygen atoms in total. The third-order valence-corrected chi connectivity index (χ3v) is 19.4. The van der Waals surface area contributed by atoms with E-state index >= 15 is 0 Å². The summed E-state index contributed by atoms with van der Waals surface area (Å²) in [6.45, 7) is 24.1. The van der Waals surface area contributed by atoms with Crippen LogP contribution in [0.4, 0.5) is 0 Å². The lowest BCUT2D eigenvalue weighted by Gasteiger charge is -2.32. The van der Waals surface area contributed by atoms with E-state index in [4.69, 9.17) is 81.4 Å². The molecule has 0 saturated carbocycles. The van der Waals surface area contributed by atoms with E-state index in [1.54, 1.807) is 24.3 Å². The largest absolute Gasteiger partial charge is 0.494 e. The lowest BCUT2D eigenvalue weighted by Crippen LogP contribution is -2.41. The van der Waals surface area contributed by atoms with E-state index in [1.165, 1.54) is 0 Å². The molecule has 0 atom stereocenters. The van der Waals surface area contributed by atoms with Gasteiger partial charge in [-0.2, -0.15) is 0 Å². The highest BCUT2D eigenvalue weighted by Crippen LogP contribution is 2.40. The molecule has 0 unspecified atom stereocenters. The van der Waals surface area contributed by atoms with Gasteiger partial charge in [-0.1, -0.05) is 266 Å². The predicted molar refractivity (Wildman–Crippen MR) is 454 cm³/mol. The van der Waals surface area contributed by atoms with Crippen LogP contribution < -0.4 is 21.9 Å². The van der Waals surface area contributed by atoms with E-state index in [0.717, 1.165) is 10.9 Å². The van der Waals surface area contributed by atoms with E-state index in [-0.39, 0.29) is 169 Å². The Bertz CT molecular complexity index is 7590. The van der Waals surface area contributed by atoms with E-state index in [0.29, 0.717) is 11.0 Å². The van der Waals surface area contributed by atoms with Crippen LogP contribution in [0.2, 0.25) is 0 Å². The molecule has 0 spiro atoms. The summed E-state index contributed by atoms with van der Waals surface area (Å²) in [6, 6.07) is -5.42. The molecule has 0 bridgehead atoms. The Labute approximate surface area is 699 Å². The Morgan fingerprint density at radius 2 is 0.514 bits per heavy atom. The van der Waals surface area contributed by atoms with Gasteiger partial charge in [0.15, 0.2) is 0 Å². The van der Waals surface area contributed by atoms with Crippen LogP contribution in [0, 0.1) is 0 Å². The van der Waals surface area contributed by atoms with Crippen LogP contribution in [0.15, 0.2) is 298 Å². The Hall–Kier alpha value is -7.98. The highest BCUT2D eigenvalue weighted by molar-refractivity contribution is 9.11. The summed E-state index contributed by atoms with van der Waals surface area (Å²) in [4.78, 5) is 0. The zero-order chi connectivity index (χ0) is 108. The van der Waals surface area contributed by atoms with Crippen molar-refractivity contribution in [3.05, 3.63) is 298 Å². The number of benzene rings is 14. The molecule has 0 radical (unpaired) electrons. The van der Waals surface area contributed by atoms with E-state index < -0.39 is 240 Å². The Balaban J connectivity index is 0.000000159. The predicted octanol–water partition coefficient (Wildman–Crippen LogP) is 21.2. The minimum Gasteiger partial charge on any atom is -0.423 e. The third kappa shape index (κ3) is 17.1. The van der Waals surface area contributed by atoms with Gasteiger partial charge in [0.25, 0.3) is 0 Å². The van der Waals surface area contributed by atoms with Gasteiger partial charge in [0.2, 0.25) is 0 Å². The molecule has 3 heterocycles. The van der Waals surface area contributed by atoms with Gasteiger partial charge in [-0.3, -0.25) is 0 Å². The van der Waals surface area contributed by atoms with Gasteiger partial charge in [0.05, 0.1) is 87.1 Å². The summed E-state index contributed by atoms with van der Waals surface area (Å²) in [5.74, 6) is 0. The molecule has 0 aromatic heterocycles.